The standard InChI is InChI=1S/C18H14ClNOS/c19-14-7-8-15-12(10-14)5-3-9-20(15)18(21)17-11-13-4-1-2-6-16(13)22-17/h1-2,4,6-8,10-11H,3,5,9H2. The van der Waals surface area contributed by atoms with E-state index < -0.39 is 0 Å². The van der Waals surface area contributed by atoms with Crippen LogP contribution in [0.5, 0.6) is 0 Å². The molecule has 4 rings (SSSR count). The molecule has 4 heteroatoms. The van der Waals surface area contributed by atoms with Crippen molar-refractivity contribution in [3.05, 3.63) is 64.0 Å². The molecule has 2 aromatic carbocycles. The van der Waals surface area contributed by atoms with Crippen LogP contribution in [0.15, 0.2) is 48.5 Å². The maximum absolute atomic E-state index is 12.9. The number of hydrogen-bond acceptors (Lipinski definition) is 2. The van der Waals surface area contributed by atoms with Crippen molar-refractivity contribution in [1.82, 2.24) is 0 Å². The summed E-state index contributed by atoms with van der Waals surface area (Å²) in [5, 5.41) is 1.86. The van der Waals surface area contributed by atoms with Crippen molar-refractivity contribution in [2.75, 3.05) is 11.4 Å². The number of amides is 1. The van der Waals surface area contributed by atoms with Crippen LogP contribution in [0.1, 0.15) is 21.7 Å². The number of anilines is 1. The monoisotopic (exact) mass is 327 g/mol. The van der Waals surface area contributed by atoms with Crippen molar-refractivity contribution in [2.24, 2.45) is 0 Å². The van der Waals surface area contributed by atoms with Crippen LogP contribution in [-0.2, 0) is 6.42 Å². The van der Waals surface area contributed by atoms with Crippen LogP contribution in [-0.4, -0.2) is 12.5 Å². The zero-order chi connectivity index (χ0) is 15.1. The highest BCUT2D eigenvalue weighted by Crippen LogP contribution is 2.33. The highest BCUT2D eigenvalue weighted by Gasteiger charge is 2.24. The van der Waals surface area contributed by atoms with Gasteiger partial charge in [0.25, 0.3) is 5.91 Å². The van der Waals surface area contributed by atoms with Crippen LogP contribution in [0.4, 0.5) is 5.69 Å². The molecule has 0 saturated carbocycles. The van der Waals surface area contributed by atoms with Gasteiger partial charge in [0, 0.05) is 22.0 Å². The lowest BCUT2D eigenvalue weighted by molar-refractivity contribution is 0.0989. The van der Waals surface area contributed by atoms with E-state index in [1.54, 1.807) is 11.3 Å². The molecule has 1 aliphatic heterocycles. The lowest BCUT2D eigenvalue weighted by atomic mass is 10.0. The topological polar surface area (TPSA) is 20.3 Å². The van der Waals surface area contributed by atoms with E-state index in [0.717, 1.165) is 50.6 Å². The van der Waals surface area contributed by atoms with E-state index in [1.165, 1.54) is 0 Å². The van der Waals surface area contributed by atoms with Gasteiger partial charge in [-0.1, -0.05) is 29.8 Å². The first-order chi connectivity index (χ1) is 10.7. The molecule has 0 atom stereocenters. The molecule has 2 nitrogen and oxygen atoms in total. The molecule has 0 radical (unpaired) electrons. The third-order valence-corrected chi connectivity index (χ3v) is 5.38. The van der Waals surface area contributed by atoms with Crippen LogP contribution < -0.4 is 4.90 Å². The van der Waals surface area contributed by atoms with Crippen molar-refractivity contribution in [1.29, 1.82) is 0 Å². The Morgan fingerprint density at radius 2 is 2.00 bits per heavy atom. The highest BCUT2D eigenvalue weighted by atomic mass is 35.5. The van der Waals surface area contributed by atoms with Gasteiger partial charge in [0.2, 0.25) is 0 Å². The Kier molecular flexibility index (Phi) is 3.40. The molecule has 0 fully saturated rings. The van der Waals surface area contributed by atoms with Gasteiger partial charge in [-0.2, -0.15) is 0 Å². The number of rotatable bonds is 1. The smallest absolute Gasteiger partial charge is 0.268 e. The Hall–Kier alpha value is -1.84. The van der Waals surface area contributed by atoms with Gasteiger partial charge in [0.1, 0.15) is 0 Å². The SMILES string of the molecule is O=C(c1cc2ccccc2s1)N1CCCc2cc(Cl)ccc21. The summed E-state index contributed by atoms with van der Waals surface area (Å²) >= 11 is 7.63. The second kappa shape index (κ2) is 5.41. The van der Waals surface area contributed by atoms with Gasteiger partial charge in [0.15, 0.2) is 0 Å². The van der Waals surface area contributed by atoms with E-state index in [0.29, 0.717) is 0 Å². The molecule has 0 aliphatic carbocycles. The number of nitrogens with zero attached hydrogens (tertiary/aromatic N) is 1. The maximum Gasteiger partial charge on any atom is 0.268 e. The maximum atomic E-state index is 12.9. The minimum atomic E-state index is 0.0875. The molecule has 1 amide bonds. The highest BCUT2D eigenvalue weighted by molar-refractivity contribution is 7.20. The molecule has 0 spiro atoms. The van der Waals surface area contributed by atoms with E-state index in [1.807, 2.05) is 47.4 Å². The first-order valence-corrected chi connectivity index (χ1v) is 8.51. The minimum absolute atomic E-state index is 0.0875. The molecule has 1 aromatic heterocycles. The van der Waals surface area contributed by atoms with Crippen molar-refractivity contribution in [3.8, 4) is 0 Å². The number of carbonyl (C=O) groups excluding carboxylic acids is 1. The molecule has 0 saturated heterocycles. The van der Waals surface area contributed by atoms with Crippen molar-refractivity contribution < 1.29 is 4.79 Å². The van der Waals surface area contributed by atoms with Crippen molar-refractivity contribution >= 4 is 44.6 Å². The van der Waals surface area contributed by atoms with E-state index in [-0.39, 0.29) is 5.91 Å². The second-order valence-electron chi connectivity index (χ2n) is 5.48. The summed E-state index contributed by atoms with van der Waals surface area (Å²) in [6.45, 7) is 0.766. The van der Waals surface area contributed by atoms with Crippen LogP contribution in [0.2, 0.25) is 5.02 Å². The third-order valence-electron chi connectivity index (χ3n) is 4.04. The molecule has 22 heavy (non-hydrogen) atoms. The number of thiophene rings is 1. The van der Waals surface area contributed by atoms with E-state index in [2.05, 4.69) is 6.07 Å². The number of carbonyl (C=O) groups is 1. The average Bonchev–Trinajstić information content (AvgIpc) is 2.97. The summed E-state index contributed by atoms with van der Waals surface area (Å²) in [4.78, 5) is 15.6. The van der Waals surface area contributed by atoms with E-state index in [9.17, 15) is 4.79 Å². The zero-order valence-electron chi connectivity index (χ0n) is 11.9. The fourth-order valence-corrected chi connectivity index (χ4v) is 4.20. The molecule has 2 heterocycles. The lowest BCUT2D eigenvalue weighted by Gasteiger charge is -2.29. The van der Waals surface area contributed by atoms with Crippen LogP contribution in [0.25, 0.3) is 10.1 Å². The first kappa shape index (κ1) is 13.8. The van der Waals surface area contributed by atoms with Gasteiger partial charge in [0.05, 0.1) is 4.88 Å². The summed E-state index contributed by atoms with van der Waals surface area (Å²) in [5.41, 5.74) is 2.16. The quantitative estimate of drug-likeness (QED) is 0.605. The number of halogens is 1. The molecular weight excluding hydrogens is 314 g/mol. The second-order valence-corrected chi connectivity index (χ2v) is 7.00. The summed E-state index contributed by atoms with van der Waals surface area (Å²) in [5.74, 6) is 0.0875. The fourth-order valence-electron chi connectivity index (χ4n) is 3.00. The first-order valence-electron chi connectivity index (χ1n) is 7.31. The Morgan fingerprint density at radius 1 is 1.14 bits per heavy atom. The Labute approximate surface area is 137 Å². The Morgan fingerprint density at radius 3 is 2.86 bits per heavy atom. The predicted molar refractivity (Wildman–Crippen MR) is 93.3 cm³/mol. The molecule has 110 valence electrons. The summed E-state index contributed by atoms with van der Waals surface area (Å²) in [7, 11) is 0. The van der Waals surface area contributed by atoms with Crippen LogP contribution in [0, 0.1) is 0 Å². The van der Waals surface area contributed by atoms with Crippen LogP contribution in [0.3, 0.4) is 0 Å². The van der Waals surface area contributed by atoms with Gasteiger partial charge in [-0.25, -0.2) is 0 Å². The molecule has 3 aromatic rings. The van der Waals surface area contributed by atoms with Crippen LogP contribution >= 0.6 is 22.9 Å². The molecule has 1 aliphatic rings. The van der Waals surface area contributed by atoms with E-state index >= 15 is 0 Å². The van der Waals surface area contributed by atoms with Crippen molar-refractivity contribution in [2.45, 2.75) is 12.8 Å². The van der Waals surface area contributed by atoms with Gasteiger partial charge >= 0.3 is 0 Å². The molecular formula is C18H14ClNOS. The third kappa shape index (κ3) is 2.31. The number of fused-ring (bicyclic) bond motifs is 2. The number of benzene rings is 2. The normalized spacial score (nSPS) is 14.1. The largest absolute Gasteiger partial charge is 0.307 e. The summed E-state index contributed by atoms with van der Waals surface area (Å²) in [6, 6.07) is 15.9. The average molecular weight is 328 g/mol. The van der Waals surface area contributed by atoms with Crippen molar-refractivity contribution in [3.63, 3.8) is 0 Å². The Bertz CT molecular complexity index is 837. The fraction of sp³-hybridized carbons (Fsp3) is 0.167. The number of hydrogen-bond donors (Lipinski definition) is 0. The molecule has 0 N–H and O–H groups in total. The van der Waals surface area contributed by atoms with Gasteiger partial charge in [-0.3, -0.25) is 4.79 Å². The summed E-state index contributed by atoms with van der Waals surface area (Å²) in [6.07, 6.45) is 1.95. The van der Waals surface area contributed by atoms with Gasteiger partial charge < -0.3 is 4.90 Å². The summed E-state index contributed by atoms with van der Waals surface area (Å²) < 4.78 is 1.15. The lowest BCUT2D eigenvalue weighted by Crippen LogP contribution is -2.35. The molecule has 0 bridgehead atoms. The minimum Gasteiger partial charge on any atom is -0.307 e. The van der Waals surface area contributed by atoms with E-state index in [4.69, 9.17) is 11.6 Å². The predicted octanol–water partition coefficient (Wildman–Crippen LogP) is 5.15. The zero-order valence-corrected chi connectivity index (χ0v) is 13.5. The van der Waals surface area contributed by atoms with Gasteiger partial charge in [-0.15, -0.1) is 11.3 Å². The number of aryl methyl sites for hydroxylation is 1. The Balaban J connectivity index is 1.74. The molecule has 0 unspecified atom stereocenters. The van der Waals surface area contributed by atoms with Gasteiger partial charge in [-0.05, 0) is 54.1 Å².